The molecule has 1 N–H and O–H groups in total. The van der Waals surface area contributed by atoms with Gasteiger partial charge in [-0.15, -0.1) is 11.3 Å². The molecule has 0 bridgehead atoms. The predicted molar refractivity (Wildman–Crippen MR) is 80.7 cm³/mol. The van der Waals surface area contributed by atoms with Gasteiger partial charge in [-0.2, -0.15) is 0 Å². The lowest BCUT2D eigenvalue weighted by molar-refractivity contribution is 0.0697. The van der Waals surface area contributed by atoms with E-state index in [4.69, 9.17) is 11.6 Å². The summed E-state index contributed by atoms with van der Waals surface area (Å²) in [7, 11) is -3.90. The second-order valence-electron chi connectivity index (χ2n) is 3.91. The quantitative estimate of drug-likeness (QED) is 0.899. The molecule has 0 saturated heterocycles. The Morgan fingerprint density at radius 1 is 1.43 bits per heavy atom. The summed E-state index contributed by atoms with van der Waals surface area (Å²) in [5.74, 6) is -1.35. The monoisotopic (exact) mass is 346 g/mol. The number of halogens is 1. The Balaban J connectivity index is 2.57. The number of thiophene rings is 1. The predicted octanol–water partition coefficient (Wildman–Crippen LogP) is 2.71. The number of rotatable bonds is 5. The maximum absolute atomic E-state index is 12.6. The number of aromatic carboxylic acids is 1. The molecule has 21 heavy (non-hydrogen) atoms. The fraction of sp³-hybridized carbons (Fsp3) is 0.167. The van der Waals surface area contributed by atoms with Crippen molar-refractivity contribution in [1.29, 1.82) is 0 Å². The van der Waals surface area contributed by atoms with Gasteiger partial charge in [0, 0.05) is 12.7 Å². The largest absolute Gasteiger partial charge is 0.478 e. The van der Waals surface area contributed by atoms with Gasteiger partial charge in [0.05, 0.1) is 4.34 Å². The summed E-state index contributed by atoms with van der Waals surface area (Å²) < 4.78 is 26.5. The summed E-state index contributed by atoms with van der Waals surface area (Å²) in [5, 5.41) is 9.17. The molecule has 112 valence electrons. The normalized spacial score (nSPS) is 11.3. The van der Waals surface area contributed by atoms with Crippen LogP contribution in [0.2, 0.25) is 4.34 Å². The van der Waals surface area contributed by atoms with E-state index < -0.39 is 16.0 Å². The minimum Gasteiger partial charge on any atom is -0.478 e. The van der Waals surface area contributed by atoms with E-state index in [1.165, 1.54) is 30.5 Å². The van der Waals surface area contributed by atoms with Crippen molar-refractivity contribution in [3.05, 3.63) is 40.4 Å². The zero-order chi connectivity index (χ0) is 15.6. The van der Waals surface area contributed by atoms with Crippen LogP contribution in [0.25, 0.3) is 0 Å². The van der Waals surface area contributed by atoms with Gasteiger partial charge in [-0.25, -0.2) is 22.5 Å². The van der Waals surface area contributed by atoms with Crippen LogP contribution >= 0.6 is 22.9 Å². The minimum atomic E-state index is -3.90. The highest BCUT2D eigenvalue weighted by Crippen LogP contribution is 2.31. The van der Waals surface area contributed by atoms with E-state index in [9.17, 15) is 18.3 Å². The molecule has 2 aromatic heterocycles. The Morgan fingerprint density at radius 3 is 2.67 bits per heavy atom. The first kappa shape index (κ1) is 15.7. The van der Waals surface area contributed by atoms with Crippen LogP contribution in [0.3, 0.4) is 0 Å². The van der Waals surface area contributed by atoms with Gasteiger partial charge in [0.15, 0.2) is 5.82 Å². The molecule has 0 fully saturated rings. The highest BCUT2D eigenvalue weighted by molar-refractivity contribution is 7.94. The van der Waals surface area contributed by atoms with Crippen LogP contribution in [0, 0.1) is 0 Å². The Morgan fingerprint density at radius 2 is 2.14 bits per heavy atom. The maximum atomic E-state index is 12.6. The molecule has 0 amide bonds. The second kappa shape index (κ2) is 6.00. The molecule has 0 aliphatic carbocycles. The molecule has 2 rings (SSSR count). The second-order valence-corrected chi connectivity index (χ2v) is 7.71. The molecule has 0 atom stereocenters. The molecule has 0 unspecified atom stereocenters. The van der Waals surface area contributed by atoms with E-state index in [1.54, 1.807) is 6.92 Å². The molecule has 0 spiro atoms. The topological polar surface area (TPSA) is 87.6 Å². The molecule has 0 radical (unpaired) electrons. The zero-order valence-corrected chi connectivity index (χ0v) is 13.2. The smallest absolute Gasteiger partial charge is 0.339 e. The molecule has 0 aliphatic rings. The van der Waals surface area contributed by atoms with Crippen molar-refractivity contribution in [2.24, 2.45) is 0 Å². The van der Waals surface area contributed by atoms with Gasteiger partial charge in [-0.1, -0.05) is 11.6 Å². The minimum absolute atomic E-state index is 0.0383. The highest BCUT2D eigenvalue weighted by atomic mass is 35.5. The fourth-order valence-corrected chi connectivity index (χ4v) is 4.79. The summed E-state index contributed by atoms with van der Waals surface area (Å²) in [5.41, 5.74) is -0.175. The van der Waals surface area contributed by atoms with Crippen LogP contribution in [0.5, 0.6) is 0 Å². The van der Waals surface area contributed by atoms with Crippen LogP contribution in [0.4, 0.5) is 5.82 Å². The Bertz CT molecular complexity index is 773. The number of hydrogen-bond acceptors (Lipinski definition) is 5. The number of pyridine rings is 1. The van der Waals surface area contributed by atoms with Gasteiger partial charge < -0.3 is 5.11 Å². The number of anilines is 1. The van der Waals surface area contributed by atoms with E-state index in [0.29, 0.717) is 4.34 Å². The van der Waals surface area contributed by atoms with Gasteiger partial charge in [0.2, 0.25) is 0 Å². The molecule has 0 aromatic carbocycles. The summed E-state index contributed by atoms with van der Waals surface area (Å²) in [4.78, 5) is 15.1. The van der Waals surface area contributed by atoms with Crippen molar-refractivity contribution >= 4 is 44.7 Å². The van der Waals surface area contributed by atoms with Crippen molar-refractivity contribution in [1.82, 2.24) is 4.98 Å². The van der Waals surface area contributed by atoms with E-state index in [2.05, 4.69) is 4.98 Å². The number of carbonyl (C=O) groups is 1. The van der Waals surface area contributed by atoms with Crippen LogP contribution in [-0.4, -0.2) is 31.0 Å². The molecule has 2 heterocycles. The summed E-state index contributed by atoms with van der Waals surface area (Å²) in [6.45, 7) is 1.65. The molecule has 0 saturated carbocycles. The number of hydrogen-bond donors (Lipinski definition) is 1. The lowest BCUT2D eigenvalue weighted by Crippen LogP contribution is -2.32. The number of sulfonamides is 1. The fourth-order valence-electron chi connectivity index (χ4n) is 1.74. The van der Waals surface area contributed by atoms with Crippen LogP contribution in [-0.2, 0) is 10.0 Å². The van der Waals surface area contributed by atoms with Gasteiger partial charge in [0.25, 0.3) is 10.0 Å². The third kappa shape index (κ3) is 3.02. The first-order valence-electron chi connectivity index (χ1n) is 5.84. The van der Waals surface area contributed by atoms with E-state index in [0.717, 1.165) is 15.6 Å². The molecule has 2 aromatic rings. The van der Waals surface area contributed by atoms with Crippen molar-refractivity contribution in [2.75, 3.05) is 10.8 Å². The van der Waals surface area contributed by atoms with E-state index in [1.807, 2.05) is 0 Å². The van der Waals surface area contributed by atoms with Crippen LogP contribution in [0.1, 0.15) is 17.3 Å². The van der Waals surface area contributed by atoms with Crippen molar-refractivity contribution in [3.8, 4) is 0 Å². The highest BCUT2D eigenvalue weighted by Gasteiger charge is 2.29. The number of nitrogens with zero attached hydrogens (tertiary/aromatic N) is 2. The number of aromatic nitrogens is 1. The SMILES string of the molecule is CCN(c1ncccc1C(=O)O)S(=O)(=O)c1ccc(Cl)s1. The average Bonchev–Trinajstić information content (AvgIpc) is 2.87. The zero-order valence-electron chi connectivity index (χ0n) is 10.9. The molecule has 9 heteroatoms. The number of carboxylic acids is 1. The van der Waals surface area contributed by atoms with Crippen molar-refractivity contribution in [2.45, 2.75) is 11.1 Å². The van der Waals surface area contributed by atoms with Crippen LogP contribution < -0.4 is 4.31 Å². The third-order valence-corrected chi connectivity index (χ3v) is 6.20. The average molecular weight is 347 g/mol. The van der Waals surface area contributed by atoms with Gasteiger partial charge in [-0.3, -0.25) is 0 Å². The summed E-state index contributed by atoms with van der Waals surface area (Å²) in [6.07, 6.45) is 1.35. The van der Waals surface area contributed by atoms with E-state index >= 15 is 0 Å². The maximum Gasteiger partial charge on any atom is 0.339 e. The molecule has 0 aliphatic heterocycles. The standard InChI is InChI=1S/C12H11ClN2O4S2/c1-2-15(11-8(12(16)17)4-3-7-14-11)21(18,19)10-6-5-9(13)20-10/h3-7H,2H2,1H3,(H,16,17). The van der Waals surface area contributed by atoms with Crippen LogP contribution in [0.15, 0.2) is 34.7 Å². The van der Waals surface area contributed by atoms with Gasteiger partial charge >= 0.3 is 5.97 Å². The molecular formula is C12H11ClN2O4S2. The van der Waals surface area contributed by atoms with Crippen molar-refractivity contribution in [3.63, 3.8) is 0 Å². The van der Waals surface area contributed by atoms with Crippen molar-refractivity contribution < 1.29 is 18.3 Å². The lowest BCUT2D eigenvalue weighted by atomic mass is 10.2. The Hall–Kier alpha value is -1.64. The first-order chi connectivity index (χ1) is 9.87. The van der Waals surface area contributed by atoms with Gasteiger partial charge in [0.1, 0.15) is 9.77 Å². The Kier molecular flexibility index (Phi) is 4.50. The van der Waals surface area contributed by atoms with E-state index in [-0.39, 0.29) is 22.1 Å². The lowest BCUT2D eigenvalue weighted by Gasteiger charge is -2.22. The Labute approximate surface area is 130 Å². The van der Waals surface area contributed by atoms with Gasteiger partial charge in [-0.05, 0) is 31.2 Å². The summed E-state index contributed by atoms with van der Waals surface area (Å²) in [6, 6.07) is 5.61. The summed E-state index contributed by atoms with van der Waals surface area (Å²) >= 11 is 6.68. The number of carboxylic acid groups (broad SMARTS) is 1. The first-order valence-corrected chi connectivity index (χ1v) is 8.47. The third-order valence-electron chi connectivity index (χ3n) is 2.63. The molecule has 6 nitrogen and oxygen atoms in total. The molecular weight excluding hydrogens is 336 g/mol.